The van der Waals surface area contributed by atoms with Crippen LogP contribution in [0.3, 0.4) is 0 Å². The molecular weight excluding hydrogens is 196 g/mol. The van der Waals surface area contributed by atoms with Gasteiger partial charge in [-0.3, -0.25) is 9.78 Å². The Morgan fingerprint density at radius 3 is 2.87 bits per heavy atom. The molecule has 0 aliphatic rings. The molecule has 0 spiro atoms. The Bertz CT molecular complexity index is 377. The number of rotatable bonds is 2. The fraction of sp³-hybridized carbons (Fsp3) is 0.300. The van der Waals surface area contributed by atoms with Crippen LogP contribution in [0, 0.1) is 6.92 Å². The Morgan fingerprint density at radius 2 is 2.27 bits per heavy atom. The average Bonchev–Trinajstić information content (AvgIpc) is 2.21. The van der Waals surface area contributed by atoms with Crippen LogP contribution >= 0.6 is 0 Å². The number of nitrogens with zero attached hydrogens (tertiary/aromatic N) is 1. The van der Waals surface area contributed by atoms with Crippen LogP contribution in [0.25, 0.3) is 0 Å². The first kappa shape index (κ1) is 11.2. The summed E-state index contributed by atoms with van der Waals surface area (Å²) in [5.41, 5.74) is 1.35. The quantitative estimate of drug-likeness (QED) is 0.579. The normalized spacial score (nSPS) is 9.47. The lowest BCUT2D eigenvalue weighted by Crippen LogP contribution is -2.25. The Balaban J connectivity index is 2.67. The van der Waals surface area contributed by atoms with E-state index < -0.39 is 11.9 Å². The van der Waals surface area contributed by atoms with Crippen LogP contribution in [-0.2, 0) is 14.3 Å². The number of nitrogens with one attached hydrogen (secondary N) is 1. The molecule has 0 unspecified atom stereocenters. The van der Waals surface area contributed by atoms with Gasteiger partial charge in [-0.2, -0.15) is 0 Å². The number of aryl methyl sites for hydroxylation is 1. The van der Waals surface area contributed by atoms with Crippen LogP contribution in [0.4, 0.5) is 5.69 Å². The van der Waals surface area contributed by atoms with Gasteiger partial charge in [0.25, 0.3) is 0 Å². The molecule has 0 saturated carbocycles. The Kier molecular flexibility index (Phi) is 3.79. The number of aromatic nitrogens is 1. The maximum Gasteiger partial charge on any atom is 0.397 e. The fourth-order valence-corrected chi connectivity index (χ4v) is 0.984. The van der Waals surface area contributed by atoms with E-state index in [0.29, 0.717) is 5.69 Å². The molecule has 0 fully saturated rings. The molecule has 5 heteroatoms. The number of carbonyl (C=O) groups is 2. The van der Waals surface area contributed by atoms with Crippen LogP contribution in [0.1, 0.15) is 12.5 Å². The zero-order chi connectivity index (χ0) is 11.3. The summed E-state index contributed by atoms with van der Waals surface area (Å²) in [7, 11) is 0. The van der Waals surface area contributed by atoms with Crippen molar-refractivity contribution in [2.24, 2.45) is 0 Å². The molecule has 1 heterocycles. The van der Waals surface area contributed by atoms with Crippen molar-refractivity contribution >= 4 is 17.6 Å². The first-order valence-electron chi connectivity index (χ1n) is 4.54. The second-order valence-electron chi connectivity index (χ2n) is 2.87. The topological polar surface area (TPSA) is 68.3 Å². The summed E-state index contributed by atoms with van der Waals surface area (Å²) >= 11 is 0. The smallest absolute Gasteiger partial charge is 0.397 e. The van der Waals surface area contributed by atoms with Crippen molar-refractivity contribution < 1.29 is 14.3 Å². The third-order valence-electron chi connectivity index (χ3n) is 1.73. The minimum atomic E-state index is -0.881. The van der Waals surface area contributed by atoms with Gasteiger partial charge in [0.2, 0.25) is 0 Å². The summed E-state index contributed by atoms with van der Waals surface area (Å²) in [6, 6.07) is 1.62. The minimum Gasteiger partial charge on any atom is -0.459 e. The Hall–Kier alpha value is -1.91. The van der Waals surface area contributed by atoms with Gasteiger partial charge in [-0.1, -0.05) is 0 Å². The van der Waals surface area contributed by atoms with E-state index >= 15 is 0 Å². The number of carbonyl (C=O) groups excluding carboxylic acids is 2. The van der Waals surface area contributed by atoms with E-state index in [9.17, 15) is 9.59 Å². The van der Waals surface area contributed by atoms with E-state index in [1.807, 2.05) is 0 Å². The van der Waals surface area contributed by atoms with Crippen molar-refractivity contribution in [2.45, 2.75) is 13.8 Å². The number of hydrogen-bond donors (Lipinski definition) is 1. The van der Waals surface area contributed by atoms with Crippen LogP contribution in [0.2, 0.25) is 0 Å². The number of esters is 1. The van der Waals surface area contributed by atoms with Gasteiger partial charge in [-0.05, 0) is 25.5 Å². The van der Waals surface area contributed by atoms with Gasteiger partial charge in [0.05, 0.1) is 6.61 Å². The molecular formula is C10H12N2O3. The number of anilines is 1. The summed E-state index contributed by atoms with van der Waals surface area (Å²) in [4.78, 5) is 26.1. The zero-order valence-corrected chi connectivity index (χ0v) is 8.61. The van der Waals surface area contributed by atoms with Gasteiger partial charge < -0.3 is 10.1 Å². The molecule has 0 aliphatic heterocycles. The molecule has 1 aromatic rings. The van der Waals surface area contributed by atoms with Gasteiger partial charge in [0.15, 0.2) is 0 Å². The highest BCUT2D eigenvalue weighted by Gasteiger charge is 2.15. The summed E-state index contributed by atoms with van der Waals surface area (Å²) < 4.78 is 4.55. The van der Waals surface area contributed by atoms with Crippen LogP contribution in [0.5, 0.6) is 0 Å². The van der Waals surface area contributed by atoms with Crippen molar-refractivity contribution in [1.29, 1.82) is 0 Å². The molecule has 0 atom stereocenters. The fourth-order valence-electron chi connectivity index (χ4n) is 0.984. The number of ether oxygens (including phenoxy) is 1. The lowest BCUT2D eigenvalue weighted by Gasteiger charge is -2.06. The van der Waals surface area contributed by atoms with E-state index in [2.05, 4.69) is 15.0 Å². The highest BCUT2D eigenvalue weighted by molar-refractivity contribution is 6.37. The molecule has 80 valence electrons. The summed E-state index contributed by atoms with van der Waals surface area (Å²) in [5.74, 6) is -1.65. The highest BCUT2D eigenvalue weighted by atomic mass is 16.5. The van der Waals surface area contributed by atoms with E-state index in [1.54, 1.807) is 26.1 Å². The Labute approximate surface area is 87.5 Å². The van der Waals surface area contributed by atoms with E-state index in [1.165, 1.54) is 6.20 Å². The van der Waals surface area contributed by atoms with Gasteiger partial charge in [-0.25, -0.2) is 4.79 Å². The van der Waals surface area contributed by atoms with Crippen molar-refractivity contribution in [1.82, 2.24) is 4.98 Å². The minimum absolute atomic E-state index is 0.182. The summed E-state index contributed by atoms with van der Waals surface area (Å²) in [6.45, 7) is 3.61. The Morgan fingerprint density at radius 1 is 1.53 bits per heavy atom. The van der Waals surface area contributed by atoms with E-state index in [4.69, 9.17) is 0 Å². The molecule has 0 radical (unpaired) electrons. The maximum absolute atomic E-state index is 11.2. The third-order valence-corrected chi connectivity index (χ3v) is 1.73. The third kappa shape index (κ3) is 3.05. The van der Waals surface area contributed by atoms with Crippen molar-refractivity contribution in [3.8, 4) is 0 Å². The first-order chi connectivity index (χ1) is 7.15. The molecule has 1 N–H and O–H groups in total. The molecule has 0 aromatic carbocycles. The lowest BCUT2D eigenvalue weighted by atomic mass is 10.2. The molecule has 0 saturated heterocycles. The molecule has 0 aliphatic carbocycles. The van der Waals surface area contributed by atoms with E-state index in [0.717, 1.165) is 5.56 Å². The van der Waals surface area contributed by atoms with Crippen molar-refractivity contribution in [3.05, 3.63) is 24.0 Å². The predicted octanol–water partition coefficient (Wildman–Crippen LogP) is 0.892. The average molecular weight is 208 g/mol. The lowest BCUT2D eigenvalue weighted by molar-refractivity contribution is -0.152. The predicted molar refractivity (Wildman–Crippen MR) is 54.2 cm³/mol. The standard InChI is InChI=1S/C10H12N2O3/c1-3-15-10(14)9(13)12-8-4-5-11-6-7(8)2/h4-6H,3H2,1-2H3,(H,11,12,13). The second-order valence-corrected chi connectivity index (χ2v) is 2.87. The maximum atomic E-state index is 11.2. The molecule has 0 bridgehead atoms. The monoisotopic (exact) mass is 208 g/mol. The first-order valence-corrected chi connectivity index (χ1v) is 4.54. The number of amides is 1. The van der Waals surface area contributed by atoms with Gasteiger partial charge in [-0.15, -0.1) is 0 Å². The van der Waals surface area contributed by atoms with E-state index in [-0.39, 0.29) is 6.61 Å². The van der Waals surface area contributed by atoms with Gasteiger partial charge in [0, 0.05) is 18.1 Å². The van der Waals surface area contributed by atoms with Gasteiger partial charge in [0.1, 0.15) is 0 Å². The molecule has 1 aromatic heterocycles. The van der Waals surface area contributed by atoms with Crippen LogP contribution in [-0.4, -0.2) is 23.5 Å². The van der Waals surface area contributed by atoms with Crippen LogP contribution in [0.15, 0.2) is 18.5 Å². The largest absolute Gasteiger partial charge is 0.459 e. The highest BCUT2D eigenvalue weighted by Crippen LogP contribution is 2.11. The zero-order valence-electron chi connectivity index (χ0n) is 8.61. The molecule has 1 amide bonds. The SMILES string of the molecule is CCOC(=O)C(=O)Nc1ccncc1C. The van der Waals surface area contributed by atoms with Gasteiger partial charge >= 0.3 is 11.9 Å². The molecule has 1 rings (SSSR count). The van der Waals surface area contributed by atoms with Crippen LogP contribution < -0.4 is 5.32 Å². The number of pyridine rings is 1. The summed E-state index contributed by atoms with van der Waals surface area (Å²) in [5, 5.41) is 2.44. The summed E-state index contributed by atoms with van der Waals surface area (Å²) in [6.07, 6.45) is 3.13. The van der Waals surface area contributed by atoms with Crippen molar-refractivity contribution in [3.63, 3.8) is 0 Å². The van der Waals surface area contributed by atoms with Crippen molar-refractivity contribution in [2.75, 3.05) is 11.9 Å². The second kappa shape index (κ2) is 5.09. The molecule has 5 nitrogen and oxygen atoms in total. The molecule has 15 heavy (non-hydrogen) atoms. The number of hydrogen-bond acceptors (Lipinski definition) is 4.